The van der Waals surface area contributed by atoms with Crippen molar-refractivity contribution in [3.8, 4) is 17.0 Å². The van der Waals surface area contributed by atoms with Crippen LogP contribution in [0.15, 0.2) is 41.2 Å². The summed E-state index contributed by atoms with van der Waals surface area (Å²) in [6.07, 6.45) is 0.887. The first-order valence-corrected chi connectivity index (χ1v) is 8.05. The van der Waals surface area contributed by atoms with Gasteiger partial charge in [0.1, 0.15) is 11.1 Å². The molecule has 1 heterocycles. The van der Waals surface area contributed by atoms with Crippen LogP contribution in [-0.2, 0) is 4.57 Å². The Hall–Kier alpha value is -1.88. The van der Waals surface area contributed by atoms with E-state index < -0.39 is 18.5 Å². The van der Waals surface area contributed by atoms with Crippen molar-refractivity contribution in [3.05, 3.63) is 46.8 Å². The summed E-state index contributed by atoms with van der Waals surface area (Å²) in [6.45, 7) is 2.60. The Kier molecular flexibility index (Phi) is 4.63. The average molecular weight is 309 g/mol. The minimum absolute atomic E-state index is 0.471. The normalized spacial score (nSPS) is 11.4. The maximum Gasteiger partial charge on any atom is 0.361 e. The number of rotatable bonds is 5. The van der Waals surface area contributed by atoms with Gasteiger partial charge < -0.3 is 19.5 Å². The number of hydrogen-bond donors (Lipinski definition) is 3. The Balaban J connectivity index is 2.37. The van der Waals surface area contributed by atoms with Crippen LogP contribution in [-0.4, -0.2) is 21.4 Å². The Morgan fingerprint density at radius 3 is 2.62 bits per heavy atom. The fraction of sp³-hybridized carbons (Fsp3) is 0.214. The van der Waals surface area contributed by atoms with E-state index >= 15 is 0 Å². The lowest BCUT2D eigenvalue weighted by Gasteiger charge is -2.08. The average Bonchev–Trinajstić information content (AvgIpc) is 2.44. The van der Waals surface area contributed by atoms with Crippen molar-refractivity contribution in [1.82, 2.24) is 4.98 Å². The molecule has 7 heteroatoms. The summed E-state index contributed by atoms with van der Waals surface area (Å²) in [7, 11) is -4.56. The highest BCUT2D eigenvalue weighted by atomic mass is 31.2. The molecule has 3 N–H and O–H groups in total. The molecule has 0 unspecified atom stereocenters. The number of aromatic nitrogens is 1. The van der Waals surface area contributed by atoms with Crippen LogP contribution in [0.2, 0.25) is 0 Å². The summed E-state index contributed by atoms with van der Waals surface area (Å²) in [4.78, 5) is 32.3. The molecule has 0 amide bonds. The minimum atomic E-state index is -4.56. The summed E-state index contributed by atoms with van der Waals surface area (Å²) in [5.74, 6) is 0.675. The van der Waals surface area contributed by atoms with Crippen molar-refractivity contribution in [2.24, 2.45) is 0 Å². The van der Waals surface area contributed by atoms with E-state index in [9.17, 15) is 9.36 Å². The van der Waals surface area contributed by atoms with Gasteiger partial charge in [0.25, 0.3) is 5.56 Å². The highest BCUT2D eigenvalue weighted by Crippen LogP contribution is 2.31. The Morgan fingerprint density at radius 2 is 2.00 bits per heavy atom. The van der Waals surface area contributed by atoms with E-state index in [1.807, 2.05) is 6.92 Å². The van der Waals surface area contributed by atoms with Gasteiger partial charge in [0, 0.05) is 11.3 Å². The van der Waals surface area contributed by atoms with Gasteiger partial charge in [-0.25, -0.2) is 0 Å². The molecule has 0 atom stereocenters. The molecule has 0 spiro atoms. The van der Waals surface area contributed by atoms with E-state index in [0.717, 1.165) is 12.5 Å². The molecule has 0 aliphatic rings. The van der Waals surface area contributed by atoms with E-state index in [1.54, 1.807) is 24.3 Å². The largest absolute Gasteiger partial charge is 0.494 e. The second kappa shape index (κ2) is 6.26. The summed E-state index contributed by atoms with van der Waals surface area (Å²) < 4.78 is 16.6. The van der Waals surface area contributed by atoms with Crippen molar-refractivity contribution in [1.29, 1.82) is 0 Å². The highest BCUT2D eigenvalue weighted by molar-refractivity contribution is 7.60. The number of benzene rings is 1. The molecule has 0 saturated heterocycles. The van der Waals surface area contributed by atoms with Crippen LogP contribution in [0.5, 0.6) is 5.75 Å². The topological polar surface area (TPSA) is 99.6 Å². The summed E-state index contributed by atoms with van der Waals surface area (Å²) >= 11 is 0. The van der Waals surface area contributed by atoms with Crippen LogP contribution < -0.4 is 15.6 Å². The molecule has 0 aliphatic heterocycles. The number of aromatic amines is 1. The predicted octanol–water partition coefficient (Wildman–Crippen LogP) is 1.63. The maximum atomic E-state index is 11.7. The molecule has 6 nitrogen and oxygen atoms in total. The molecule has 2 aromatic rings. The van der Waals surface area contributed by atoms with Crippen LogP contribution >= 0.6 is 7.60 Å². The molecule has 1 aromatic heterocycles. The standard InChI is InChI=1S/C14H16NO5P/c1-2-8-20-11-5-3-4-10(9-11)12-6-7-13(14(16)15-12)21(17,18)19/h3-7,9H,2,8H2,1H3,(H,15,16)(H2,17,18,19). The molecule has 21 heavy (non-hydrogen) atoms. The number of H-pyrrole nitrogens is 1. The third-order valence-electron chi connectivity index (χ3n) is 2.82. The zero-order valence-electron chi connectivity index (χ0n) is 11.4. The van der Waals surface area contributed by atoms with Gasteiger partial charge in [-0.2, -0.15) is 0 Å². The minimum Gasteiger partial charge on any atom is -0.494 e. The Morgan fingerprint density at radius 1 is 1.24 bits per heavy atom. The molecule has 2 rings (SSSR count). The second-order valence-electron chi connectivity index (χ2n) is 4.51. The van der Waals surface area contributed by atoms with Crippen LogP contribution in [0.4, 0.5) is 0 Å². The Labute approximate surface area is 121 Å². The van der Waals surface area contributed by atoms with Crippen molar-refractivity contribution >= 4 is 12.9 Å². The first kappa shape index (κ1) is 15.5. The van der Waals surface area contributed by atoms with E-state index in [0.29, 0.717) is 23.6 Å². The Bertz CT molecular complexity index is 734. The lowest BCUT2D eigenvalue weighted by atomic mass is 10.1. The number of ether oxygens (including phenoxy) is 1. The van der Waals surface area contributed by atoms with Gasteiger partial charge in [-0.3, -0.25) is 9.36 Å². The smallest absolute Gasteiger partial charge is 0.361 e. The molecule has 112 valence electrons. The third-order valence-corrected chi connectivity index (χ3v) is 3.80. The van der Waals surface area contributed by atoms with Crippen molar-refractivity contribution in [2.75, 3.05) is 6.61 Å². The van der Waals surface area contributed by atoms with Crippen molar-refractivity contribution in [3.63, 3.8) is 0 Å². The lowest BCUT2D eigenvalue weighted by Crippen LogP contribution is -2.27. The molecule has 0 radical (unpaired) electrons. The first-order valence-electron chi connectivity index (χ1n) is 6.44. The summed E-state index contributed by atoms with van der Waals surface area (Å²) in [6, 6.07) is 9.75. The predicted molar refractivity (Wildman–Crippen MR) is 80.0 cm³/mol. The summed E-state index contributed by atoms with van der Waals surface area (Å²) in [5, 5.41) is -0.537. The molecule has 0 saturated carbocycles. The molecular formula is C14H16NO5P. The fourth-order valence-electron chi connectivity index (χ4n) is 1.84. The van der Waals surface area contributed by atoms with Gasteiger partial charge >= 0.3 is 7.60 Å². The number of pyridine rings is 1. The van der Waals surface area contributed by atoms with E-state index in [1.165, 1.54) is 6.07 Å². The lowest BCUT2D eigenvalue weighted by molar-refractivity contribution is 0.317. The van der Waals surface area contributed by atoms with Crippen LogP contribution in [0, 0.1) is 0 Å². The van der Waals surface area contributed by atoms with E-state index in [4.69, 9.17) is 14.5 Å². The third kappa shape index (κ3) is 3.82. The molecule has 1 aromatic carbocycles. The van der Waals surface area contributed by atoms with Crippen LogP contribution in [0.25, 0.3) is 11.3 Å². The number of nitrogens with one attached hydrogen (secondary N) is 1. The maximum absolute atomic E-state index is 11.7. The summed E-state index contributed by atoms with van der Waals surface area (Å²) in [5.41, 5.74) is 0.387. The van der Waals surface area contributed by atoms with Crippen LogP contribution in [0.1, 0.15) is 13.3 Å². The molecule has 0 bridgehead atoms. The van der Waals surface area contributed by atoms with Gasteiger partial charge in [-0.15, -0.1) is 0 Å². The van der Waals surface area contributed by atoms with Crippen molar-refractivity contribution < 1.29 is 19.1 Å². The van der Waals surface area contributed by atoms with Crippen molar-refractivity contribution in [2.45, 2.75) is 13.3 Å². The van der Waals surface area contributed by atoms with E-state index in [2.05, 4.69) is 4.98 Å². The van der Waals surface area contributed by atoms with Gasteiger partial charge in [0.15, 0.2) is 0 Å². The SMILES string of the molecule is CCCOc1cccc(-c2ccc(P(=O)(O)O)c(=O)[nH]2)c1. The van der Waals surface area contributed by atoms with E-state index in [-0.39, 0.29) is 0 Å². The van der Waals surface area contributed by atoms with Gasteiger partial charge in [0.05, 0.1) is 6.61 Å². The van der Waals surface area contributed by atoms with Gasteiger partial charge in [-0.05, 0) is 30.7 Å². The second-order valence-corrected chi connectivity index (χ2v) is 6.08. The monoisotopic (exact) mass is 309 g/mol. The molecule has 0 aliphatic carbocycles. The molecular weight excluding hydrogens is 293 g/mol. The zero-order valence-corrected chi connectivity index (χ0v) is 12.3. The highest BCUT2D eigenvalue weighted by Gasteiger charge is 2.21. The zero-order chi connectivity index (χ0) is 15.5. The fourth-order valence-corrected chi connectivity index (χ4v) is 2.43. The number of hydrogen-bond acceptors (Lipinski definition) is 3. The van der Waals surface area contributed by atoms with Gasteiger partial charge in [0.2, 0.25) is 0 Å². The van der Waals surface area contributed by atoms with Crippen LogP contribution in [0.3, 0.4) is 0 Å². The first-order chi connectivity index (χ1) is 9.91. The molecule has 0 fully saturated rings. The van der Waals surface area contributed by atoms with Gasteiger partial charge in [-0.1, -0.05) is 19.1 Å². The quantitative estimate of drug-likeness (QED) is 0.729.